The Kier molecular flexibility index (Phi) is 4.63. The largest absolute Gasteiger partial charge is 0.469 e. The lowest BCUT2D eigenvalue weighted by Gasteiger charge is -2.06. The van der Waals surface area contributed by atoms with Crippen LogP contribution in [-0.2, 0) is 21.8 Å². The SMILES string of the molecule is COC(=O)Cc1c(C#N)cc(CCl)cc1[N+](=O)[O-]. The minimum Gasteiger partial charge on any atom is -0.469 e. The normalized spacial score (nSPS) is 9.61. The summed E-state index contributed by atoms with van der Waals surface area (Å²) in [5, 5.41) is 19.9. The highest BCUT2D eigenvalue weighted by atomic mass is 35.5. The molecule has 1 aromatic carbocycles. The number of carbonyl (C=O) groups is 1. The molecule has 0 radical (unpaired) electrons. The van der Waals surface area contributed by atoms with E-state index in [4.69, 9.17) is 16.9 Å². The predicted molar refractivity (Wildman–Crippen MR) is 63.1 cm³/mol. The van der Waals surface area contributed by atoms with Crippen molar-refractivity contribution in [3.63, 3.8) is 0 Å². The van der Waals surface area contributed by atoms with Gasteiger partial charge in [0.05, 0.1) is 35.7 Å². The van der Waals surface area contributed by atoms with E-state index in [1.807, 2.05) is 6.07 Å². The Morgan fingerprint density at radius 1 is 1.61 bits per heavy atom. The molecule has 0 aliphatic rings. The molecule has 1 rings (SSSR count). The standard InChI is InChI=1S/C11H9ClN2O4/c1-18-11(15)4-9-8(6-13)2-7(5-12)3-10(9)14(16)17/h2-3H,4-5H2,1H3. The van der Waals surface area contributed by atoms with Gasteiger partial charge in [-0.05, 0) is 11.6 Å². The molecule has 0 unspecified atom stereocenters. The molecule has 6 nitrogen and oxygen atoms in total. The molecule has 0 aliphatic carbocycles. The Labute approximate surface area is 108 Å². The Morgan fingerprint density at radius 2 is 2.28 bits per heavy atom. The molecule has 0 saturated heterocycles. The van der Waals surface area contributed by atoms with Crippen molar-refractivity contribution in [3.8, 4) is 6.07 Å². The van der Waals surface area contributed by atoms with Crippen LogP contribution in [0.15, 0.2) is 12.1 Å². The van der Waals surface area contributed by atoms with Crippen LogP contribution in [-0.4, -0.2) is 18.0 Å². The van der Waals surface area contributed by atoms with E-state index in [0.29, 0.717) is 5.56 Å². The van der Waals surface area contributed by atoms with Gasteiger partial charge in [0.25, 0.3) is 5.69 Å². The van der Waals surface area contributed by atoms with Crippen molar-refractivity contribution in [2.24, 2.45) is 0 Å². The van der Waals surface area contributed by atoms with Crippen molar-refractivity contribution in [1.29, 1.82) is 5.26 Å². The van der Waals surface area contributed by atoms with E-state index in [2.05, 4.69) is 4.74 Å². The number of carbonyl (C=O) groups excluding carboxylic acids is 1. The minimum absolute atomic E-state index is 0.0446. The van der Waals surface area contributed by atoms with E-state index in [1.165, 1.54) is 19.2 Å². The zero-order valence-corrected chi connectivity index (χ0v) is 10.2. The fourth-order valence-corrected chi connectivity index (χ4v) is 1.61. The van der Waals surface area contributed by atoms with Gasteiger partial charge in [0, 0.05) is 11.9 Å². The number of benzene rings is 1. The maximum atomic E-state index is 11.2. The summed E-state index contributed by atoms with van der Waals surface area (Å²) < 4.78 is 4.45. The molecule has 0 saturated carbocycles. The van der Waals surface area contributed by atoms with Crippen molar-refractivity contribution in [2.45, 2.75) is 12.3 Å². The van der Waals surface area contributed by atoms with Gasteiger partial charge in [0.2, 0.25) is 0 Å². The van der Waals surface area contributed by atoms with Crippen LogP contribution >= 0.6 is 11.6 Å². The molecule has 1 aromatic rings. The Hall–Kier alpha value is -2.13. The van der Waals surface area contributed by atoms with Crippen LogP contribution in [0.2, 0.25) is 0 Å². The van der Waals surface area contributed by atoms with Crippen molar-refractivity contribution in [2.75, 3.05) is 7.11 Å². The second-order valence-electron chi connectivity index (χ2n) is 3.40. The number of methoxy groups -OCH3 is 1. The van der Waals surface area contributed by atoms with Gasteiger partial charge in [-0.15, -0.1) is 11.6 Å². The number of nitriles is 1. The van der Waals surface area contributed by atoms with E-state index in [1.54, 1.807) is 0 Å². The van der Waals surface area contributed by atoms with Gasteiger partial charge in [-0.2, -0.15) is 5.26 Å². The number of halogens is 1. The first-order valence-electron chi connectivity index (χ1n) is 4.86. The summed E-state index contributed by atoms with van der Waals surface area (Å²) >= 11 is 5.59. The summed E-state index contributed by atoms with van der Waals surface area (Å²) in [6, 6.07) is 4.51. The maximum absolute atomic E-state index is 11.2. The van der Waals surface area contributed by atoms with Crippen LogP contribution in [0.4, 0.5) is 5.69 Å². The fraction of sp³-hybridized carbons (Fsp3) is 0.273. The van der Waals surface area contributed by atoms with E-state index in [9.17, 15) is 14.9 Å². The fourth-order valence-electron chi connectivity index (χ4n) is 1.46. The molecule has 0 fully saturated rings. The molecule has 18 heavy (non-hydrogen) atoms. The Balaban J connectivity index is 3.40. The lowest BCUT2D eigenvalue weighted by atomic mass is 10.0. The highest BCUT2D eigenvalue weighted by Gasteiger charge is 2.22. The monoisotopic (exact) mass is 268 g/mol. The second kappa shape index (κ2) is 5.98. The van der Waals surface area contributed by atoms with Crippen molar-refractivity contribution in [1.82, 2.24) is 0 Å². The summed E-state index contributed by atoms with van der Waals surface area (Å²) in [7, 11) is 1.17. The van der Waals surface area contributed by atoms with Crippen molar-refractivity contribution >= 4 is 23.3 Å². The van der Waals surface area contributed by atoms with Gasteiger partial charge in [-0.25, -0.2) is 0 Å². The van der Waals surface area contributed by atoms with Crippen LogP contribution in [0.5, 0.6) is 0 Å². The van der Waals surface area contributed by atoms with E-state index in [0.717, 1.165) is 0 Å². The topological polar surface area (TPSA) is 93.2 Å². The van der Waals surface area contributed by atoms with Gasteiger partial charge in [0.1, 0.15) is 0 Å². The van der Waals surface area contributed by atoms with E-state index < -0.39 is 10.9 Å². The zero-order valence-electron chi connectivity index (χ0n) is 9.47. The first kappa shape index (κ1) is 13.9. The average Bonchev–Trinajstić information content (AvgIpc) is 2.38. The number of nitro groups is 1. The number of alkyl halides is 1. The third-order valence-electron chi connectivity index (χ3n) is 2.31. The Bertz CT molecular complexity index is 537. The summed E-state index contributed by atoms with van der Waals surface area (Å²) in [6.45, 7) is 0. The minimum atomic E-state index is -0.645. The van der Waals surface area contributed by atoms with Crippen molar-refractivity contribution < 1.29 is 14.5 Å². The molecule has 0 aromatic heterocycles. The predicted octanol–water partition coefficient (Wildman–Crippen LogP) is 1.92. The van der Waals surface area contributed by atoms with E-state index in [-0.39, 0.29) is 29.1 Å². The molecule has 0 aliphatic heterocycles. The van der Waals surface area contributed by atoms with Gasteiger partial charge < -0.3 is 4.74 Å². The average molecular weight is 269 g/mol. The van der Waals surface area contributed by atoms with Gasteiger partial charge in [-0.3, -0.25) is 14.9 Å². The molecule has 0 bridgehead atoms. The van der Waals surface area contributed by atoms with Crippen LogP contribution in [0.3, 0.4) is 0 Å². The quantitative estimate of drug-likeness (QED) is 0.360. The number of nitrogens with zero attached hydrogens (tertiary/aromatic N) is 2. The zero-order chi connectivity index (χ0) is 13.7. The molecular formula is C11H9ClN2O4. The summed E-state index contributed by atoms with van der Waals surface area (Å²) in [5.41, 5.74) is 0.261. The van der Waals surface area contributed by atoms with Crippen LogP contribution in [0, 0.1) is 21.4 Å². The van der Waals surface area contributed by atoms with Crippen molar-refractivity contribution in [3.05, 3.63) is 38.9 Å². The smallest absolute Gasteiger partial charge is 0.310 e. The molecule has 7 heteroatoms. The van der Waals surface area contributed by atoms with Crippen LogP contribution < -0.4 is 0 Å². The highest BCUT2D eigenvalue weighted by Crippen LogP contribution is 2.26. The van der Waals surface area contributed by atoms with E-state index >= 15 is 0 Å². The lowest BCUT2D eigenvalue weighted by Crippen LogP contribution is -2.09. The number of hydrogen-bond donors (Lipinski definition) is 0. The highest BCUT2D eigenvalue weighted by molar-refractivity contribution is 6.17. The summed E-state index contributed by atoms with van der Waals surface area (Å²) in [5.74, 6) is -0.596. The lowest BCUT2D eigenvalue weighted by molar-refractivity contribution is -0.385. The number of ether oxygens (including phenoxy) is 1. The number of nitro benzene ring substituents is 1. The summed E-state index contributed by atoms with van der Waals surface area (Å²) in [6.07, 6.45) is -0.321. The molecule has 94 valence electrons. The van der Waals surface area contributed by atoms with Crippen LogP contribution in [0.25, 0.3) is 0 Å². The summed E-state index contributed by atoms with van der Waals surface area (Å²) in [4.78, 5) is 21.5. The van der Waals surface area contributed by atoms with Crippen LogP contribution in [0.1, 0.15) is 16.7 Å². The second-order valence-corrected chi connectivity index (χ2v) is 3.66. The number of hydrogen-bond acceptors (Lipinski definition) is 5. The maximum Gasteiger partial charge on any atom is 0.310 e. The van der Waals surface area contributed by atoms with Gasteiger partial charge >= 0.3 is 5.97 Å². The molecule has 0 spiro atoms. The Morgan fingerprint density at radius 3 is 2.72 bits per heavy atom. The third-order valence-corrected chi connectivity index (χ3v) is 2.61. The first-order valence-corrected chi connectivity index (χ1v) is 5.40. The molecule has 0 atom stereocenters. The van der Waals surface area contributed by atoms with Gasteiger partial charge in [0.15, 0.2) is 0 Å². The molecule has 0 N–H and O–H groups in total. The molecular weight excluding hydrogens is 260 g/mol. The first-order chi connectivity index (χ1) is 8.53. The number of rotatable bonds is 4. The molecule has 0 amide bonds. The number of esters is 1. The van der Waals surface area contributed by atoms with Gasteiger partial charge in [-0.1, -0.05) is 0 Å². The molecule has 0 heterocycles. The third kappa shape index (κ3) is 2.96.